The van der Waals surface area contributed by atoms with E-state index in [1.807, 2.05) is 44.2 Å². The Morgan fingerprint density at radius 3 is 2.43 bits per heavy atom. The molecule has 0 radical (unpaired) electrons. The Morgan fingerprint density at radius 1 is 1.02 bits per heavy atom. The summed E-state index contributed by atoms with van der Waals surface area (Å²) in [6.45, 7) is 4.19. The lowest BCUT2D eigenvalue weighted by molar-refractivity contribution is -0.132. The molecule has 11 nitrogen and oxygen atoms in total. The zero-order valence-corrected chi connectivity index (χ0v) is 25.6. The molecule has 4 amide bonds. The average Bonchev–Trinajstić information content (AvgIpc) is 3.44. The van der Waals surface area contributed by atoms with Gasteiger partial charge in [-0.05, 0) is 43.6 Å². The number of thiazole rings is 1. The van der Waals surface area contributed by atoms with E-state index in [1.165, 1.54) is 11.3 Å². The Bertz CT molecular complexity index is 1360. The molecular weight excluding hydrogens is 578 g/mol. The third-order valence-electron chi connectivity index (χ3n) is 7.67. The first kappa shape index (κ1) is 31.6. The fourth-order valence-corrected chi connectivity index (χ4v) is 7.62. The summed E-state index contributed by atoms with van der Waals surface area (Å²) in [6, 6.07) is 7.30. The Morgan fingerprint density at radius 2 is 1.74 bits per heavy atom. The number of sulfone groups is 1. The molecular formula is C29H39N5O6S2. The topological polar surface area (TPSA) is 163 Å². The van der Waals surface area contributed by atoms with Crippen LogP contribution in [0.4, 0.5) is 0 Å². The van der Waals surface area contributed by atoms with E-state index in [2.05, 4.69) is 26.3 Å². The van der Waals surface area contributed by atoms with Crippen molar-refractivity contribution in [1.29, 1.82) is 0 Å². The lowest BCUT2D eigenvalue weighted by atomic mass is 9.99. The summed E-state index contributed by atoms with van der Waals surface area (Å²) in [5.74, 6) is -2.10. The highest BCUT2D eigenvalue weighted by molar-refractivity contribution is 7.91. The van der Waals surface area contributed by atoms with Crippen molar-refractivity contribution in [2.24, 2.45) is 11.8 Å². The third kappa shape index (κ3) is 8.60. The number of amides is 4. The molecule has 42 heavy (non-hydrogen) atoms. The molecule has 0 saturated carbocycles. The molecule has 1 fully saturated rings. The lowest BCUT2D eigenvalue weighted by Crippen LogP contribution is -2.50. The van der Waals surface area contributed by atoms with E-state index in [9.17, 15) is 27.6 Å². The number of hydrogen-bond donors (Lipinski definition) is 4. The standard InChI is InChI=1S/C29H39N5O6S2/c1-18(2)24-29-33-23(17-41-29)28(38)32-22(16-19-8-4-3-5-9-19)26(36)30-13-7-6-10-21(27(37)34-24)31-25(35)20-11-14-42(39,40)15-12-20/h3-5,8-9,17-18,20-22,24H,6-7,10-16H2,1-2H3,(H,30,36)(H,31,35)(H,32,38)(H,34,37)/t21-,22+,24+/m0/s1. The van der Waals surface area contributed by atoms with Crippen molar-refractivity contribution < 1.29 is 27.6 Å². The van der Waals surface area contributed by atoms with Crippen LogP contribution in [0.1, 0.15) is 73.1 Å². The summed E-state index contributed by atoms with van der Waals surface area (Å²) in [4.78, 5) is 57.4. The lowest BCUT2D eigenvalue weighted by Gasteiger charge is -2.27. The smallest absolute Gasteiger partial charge is 0.271 e. The molecule has 4 N–H and O–H groups in total. The van der Waals surface area contributed by atoms with Crippen LogP contribution >= 0.6 is 11.3 Å². The van der Waals surface area contributed by atoms with Gasteiger partial charge in [-0.1, -0.05) is 44.2 Å². The van der Waals surface area contributed by atoms with Crippen LogP contribution in [-0.2, 0) is 30.6 Å². The minimum atomic E-state index is -3.13. The van der Waals surface area contributed by atoms with E-state index in [1.54, 1.807) is 5.38 Å². The maximum Gasteiger partial charge on any atom is 0.271 e. The summed E-state index contributed by atoms with van der Waals surface area (Å²) in [7, 11) is -3.13. The molecule has 3 atom stereocenters. The fourth-order valence-electron chi connectivity index (χ4n) is 5.11. The number of nitrogens with zero attached hydrogens (tertiary/aromatic N) is 1. The van der Waals surface area contributed by atoms with Gasteiger partial charge in [0.1, 0.15) is 32.6 Å². The van der Waals surface area contributed by atoms with Gasteiger partial charge in [-0.2, -0.15) is 0 Å². The molecule has 0 unspecified atom stereocenters. The number of rotatable bonds is 5. The Labute approximate surface area is 250 Å². The molecule has 0 aliphatic carbocycles. The highest BCUT2D eigenvalue weighted by Gasteiger charge is 2.33. The second-order valence-electron chi connectivity index (χ2n) is 11.3. The second-order valence-corrected chi connectivity index (χ2v) is 14.5. The number of benzene rings is 1. The highest BCUT2D eigenvalue weighted by atomic mass is 32.2. The van der Waals surface area contributed by atoms with E-state index >= 15 is 0 Å². The second kappa shape index (κ2) is 14.2. The van der Waals surface area contributed by atoms with Gasteiger partial charge >= 0.3 is 0 Å². The molecule has 2 bridgehead atoms. The summed E-state index contributed by atoms with van der Waals surface area (Å²) < 4.78 is 23.6. The van der Waals surface area contributed by atoms with Crippen molar-refractivity contribution in [2.45, 2.75) is 70.5 Å². The first-order chi connectivity index (χ1) is 20.0. The van der Waals surface area contributed by atoms with Crippen molar-refractivity contribution in [2.75, 3.05) is 18.1 Å². The van der Waals surface area contributed by atoms with Crippen molar-refractivity contribution >= 4 is 44.8 Å². The van der Waals surface area contributed by atoms with Crippen molar-refractivity contribution in [3.63, 3.8) is 0 Å². The molecule has 228 valence electrons. The number of fused-ring (bicyclic) bond motifs is 2. The number of hydrogen-bond acceptors (Lipinski definition) is 8. The molecule has 1 aromatic heterocycles. The largest absolute Gasteiger partial charge is 0.354 e. The third-order valence-corrected chi connectivity index (χ3v) is 10.3. The predicted molar refractivity (Wildman–Crippen MR) is 159 cm³/mol. The van der Waals surface area contributed by atoms with Crippen molar-refractivity contribution in [1.82, 2.24) is 26.3 Å². The van der Waals surface area contributed by atoms with Gasteiger partial charge in [0.2, 0.25) is 17.7 Å². The predicted octanol–water partition coefficient (Wildman–Crippen LogP) is 1.91. The van der Waals surface area contributed by atoms with Crippen LogP contribution in [0, 0.1) is 11.8 Å². The van der Waals surface area contributed by atoms with E-state index in [4.69, 9.17) is 0 Å². The van der Waals surface area contributed by atoms with Gasteiger partial charge in [0.25, 0.3) is 5.91 Å². The Kier molecular flexibility index (Phi) is 10.7. The molecule has 2 aliphatic rings. The molecule has 2 aromatic rings. The molecule has 13 heteroatoms. The van der Waals surface area contributed by atoms with Gasteiger partial charge in [0.05, 0.1) is 17.5 Å². The highest BCUT2D eigenvalue weighted by Crippen LogP contribution is 2.26. The minimum absolute atomic E-state index is 0.0394. The van der Waals surface area contributed by atoms with Gasteiger partial charge in [-0.3, -0.25) is 19.2 Å². The number of aromatic nitrogens is 1. The van der Waals surface area contributed by atoms with Gasteiger partial charge in [-0.25, -0.2) is 13.4 Å². The van der Waals surface area contributed by atoms with Gasteiger partial charge < -0.3 is 21.3 Å². The summed E-state index contributed by atoms with van der Waals surface area (Å²) >= 11 is 1.24. The van der Waals surface area contributed by atoms with Crippen molar-refractivity contribution in [3.05, 3.63) is 52.0 Å². The number of carbonyl (C=O) groups is 4. The molecule has 0 spiro atoms. The van der Waals surface area contributed by atoms with Crippen LogP contribution in [0.2, 0.25) is 0 Å². The molecule has 3 heterocycles. The van der Waals surface area contributed by atoms with E-state index in [0.29, 0.717) is 37.2 Å². The zero-order chi connectivity index (χ0) is 30.3. The zero-order valence-electron chi connectivity index (χ0n) is 23.9. The normalized spacial score (nSPS) is 24.4. The van der Waals surface area contributed by atoms with Gasteiger partial charge in [-0.15, -0.1) is 11.3 Å². The fraction of sp³-hybridized carbons (Fsp3) is 0.552. The monoisotopic (exact) mass is 617 g/mol. The summed E-state index contributed by atoms with van der Waals surface area (Å²) in [6.07, 6.45) is 2.23. The Hall–Kier alpha value is -3.32. The van der Waals surface area contributed by atoms with Crippen LogP contribution in [0.15, 0.2) is 35.7 Å². The van der Waals surface area contributed by atoms with Crippen LogP contribution in [0.5, 0.6) is 0 Å². The van der Waals surface area contributed by atoms with Crippen LogP contribution in [0.3, 0.4) is 0 Å². The summed E-state index contributed by atoms with van der Waals surface area (Å²) in [5, 5.41) is 13.8. The van der Waals surface area contributed by atoms with E-state index < -0.39 is 39.8 Å². The maximum atomic E-state index is 13.5. The SMILES string of the molecule is CC(C)[C@H]1NC(=O)[C@@H](NC(=O)C2CCS(=O)(=O)CC2)CCCCNC(=O)[C@@H](Cc2ccccc2)NC(=O)c2csc1n2. The van der Waals surface area contributed by atoms with Gasteiger partial charge in [0.15, 0.2) is 0 Å². The maximum absolute atomic E-state index is 13.5. The summed E-state index contributed by atoms with van der Waals surface area (Å²) in [5.41, 5.74) is 1.06. The van der Waals surface area contributed by atoms with Crippen molar-refractivity contribution in [3.8, 4) is 0 Å². The Balaban J connectivity index is 1.54. The average molecular weight is 618 g/mol. The van der Waals surface area contributed by atoms with E-state index in [0.717, 1.165) is 5.56 Å². The quantitative estimate of drug-likeness (QED) is 0.398. The van der Waals surface area contributed by atoms with Crippen LogP contribution in [0.25, 0.3) is 0 Å². The van der Waals surface area contributed by atoms with Crippen LogP contribution in [-0.4, -0.2) is 67.2 Å². The molecule has 4 rings (SSSR count). The number of nitrogens with one attached hydrogen (secondary N) is 4. The van der Waals surface area contributed by atoms with Gasteiger partial charge in [0, 0.05) is 24.3 Å². The van der Waals surface area contributed by atoms with E-state index in [-0.39, 0.29) is 53.7 Å². The first-order valence-corrected chi connectivity index (χ1v) is 17.1. The molecule has 2 aliphatic heterocycles. The number of carbonyl (C=O) groups excluding carboxylic acids is 4. The molecule has 1 saturated heterocycles. The molecule has 1 aromatic carbocycles. The first-order valence-electron chi connectivity index (χ1n) is 14.4. The van der Waals surface area contributed by atoms with Crippen LogP contribution < -0.4 is 21.3 Å². The minimum Gasteiger partial charge on any atom is -0.354 e.